The van der Waals surface area contributed by atoms with Crippen molar-refractivity contribution >= 4 is 23.3 Å². The number of benzene rings is 2. The Morgan fingerprint density at radius 3 is 2.34 bits per heavy atom. The molecule has 0 saturated carbocycles. The largest absolute Gasteiger partial charge is 0.481 e. The number of hydrogen-bond acceptors (Lipinski definition) is 5. The Morgan fingerprint density at radius 2 is 1.72 bits per heavy atom. The van der Waals surface area contributed by atoms with E-state index in [4.69, 9.17) is 16.3 Å². The van der Waals surface area contributed by atoms with Crippen molar-refractivity contribution in [2.75, 3.05) is 31.1 Å². The molecule has 1 unspecified atom stereocenters. The highest BCUT2D eigenvalue weighted by molar-refractivity contribution is 6.33. The van der Waals surface area contributed by atoms with Gasteiger partial charge in [-0.2, -0.15) is 0 Å². The minimum atomic E-state index is -0.524. The van der Waals surface area contributed by atoms with Crippen molar-refractivity contribution in [3.8, 4) is 17.0 Å². The lowest BCUT2D eigenvalue weighted by molar-refractivity contribution is -0.138. The number of rotatable bonds is 6. The zero-order chi connectivity index (χ0) is 22.5. The number of aromatic nitrogens is 2. The van der Waals surface area contributed by atoms with Crippen LogP contribution < -0.4 is 9.64 Å². The fraction of sp³-hybridized carbons (Fsp3) is 0.320. The molecular formula is C25H27ClN4O2. The molecule has 2 heterocycles. The molecule has 0 radical (unpaired) electrons. The summed E-state index contributed by atoms with van der Waals surface area (Å²) >= 11 is 6.26. The molecular weight excluding hydrogens is 424 g/mol. The van der Waals surface area contributed by atoms with Crippen molar-refractivity contribution in [3.63, 3.8) is 0 Å². The average molecular weight is 451 g/mol. The highest BCUT2D eigenvalue weighted by atomic mass is 35.5. The van der Waals surface area contributed by atoms with Crippen LogP contribution in [0.1, 0.15) is 19.4 Å². The molecule has 32 heavy (non-hydrogen) atoms. The maximum atomic E-state index is 12.8. The number of halogens is 1. The van der Waals surface area contributed by atoms with E-state index in [0.717, 1.165) is 29.2 Å². The van der Waals surface area contributed by atoms with Gasteiger partial charge in [-0.1, -0.05) is 48.9 Å². The van der Waals surface area contributed by atoms with Gasteiger partial charge in [-0.25, -0.2) is 0 Å². The lowest BCUT2D eigenvalue weighted by Crippen LogP contribution is -2.52. The van der Waals surface area contributed by atoms with Gasteiger partial charge in [0.2, 0.25) is 0 Å². The zero-order valence-corrected chi connectivity index (χ0v) is 19.1. The highest BCUT2D eigenvalue weighted by Gasteiger charge is 2.26. The highest BCUT2D eigenvalue weighted by Crippen LogP contribution is 2.26. The zero-order valence-electron chi connectivity index (χ0n) is 18.4. The van der Waals surface area contributed by atoms with Crippen LogP contribution in [0, 0.1) is 0 Å². The monoisotopic (exact) mass is 450 g/mol. The average Bonchev–Trinajstić information content (AvgIpc) is 2.84. The Balaban J connectivity index is 1.32. The van der Waals surface area contributed by atoms with Crippen molar-refractivity contribution in [2.45, 2.75) is 26.4 Å². The van der Waals surface area contributed by atoms with E-state index in [1.54, 1.807) is 6.92 Å². The Bertz CT molecular complexity index is 1050. The second kappa shape index (κ2) is 10.0. The molecule has 1 aliphatic rings. The van der Waals surface area contributed by atoms with Gasteiger partial charge in [0.25, 0.3) is 5.91 Å². The maximum Gasteiger partial charge on any atom is 0.263 e. The van der Waals surface area contributed by atoms with Gasteiger partial charge < -0.3 is 14.5 Å². The molecule has 2 aromatic carbocycles. The van der Waals surface area contributed by atoms with Gasteiger partial charge in [0.15, 0.2) is 11.9 Å². The van der Waals surface area contributed by atoms with Gasteiger partial charge in [0.05, 0.1) is 10.7 Å². The van der Waals surface area contributed by atoms with E-state index in [2.05, 4.69) is 22.0 Å². The molecule has 1 amide bonds. The first kappa shape index (κ1) is 22.1. The van der Waals surface area contributed by atoms with E-state index < -0.39 is 6.10 Å². The normalized spacial score (nSPS) is 14.8. The summed E-state index contributed by atoms with van der Waals surface area (Å²) < 4.78 is 5.87. The van der Waals surface area contributed by atoms with Crippen LogP contribution in [0.2, 0.25) is 5.02 Å². The van der Waals surface area contributed by atoms with E-state index in [1.165, 1.54) is 5.56 Å². The van der Waals surface area contributed by atoms with Crippen LogP contribution in [0.25, 0.3) is 11.3 Å². The summed E-state index contributed by atoms with van der Waals surface area (Å²) in [6.07, 6.45) is 0.454. The van der Waals surface area contributed by atoms with E-state index in [-0.39, 0.29) is 5.91 Å². The molecule has 0 bridgehead atoms. The minimum Gasteiger partial charge on any atom is -0.481 e. The number of carbonyl (C=O) groups excluding carboxylic acids is 1. The van der Waals surface area contributed by atoms with E-state index >= 15 is 0 Å². The number of ether oxygens (including phenoxy) is 1. The van der Waals surface area contributed by atoms with Crippen molar-refractivity contribution in [2.24, 2.45) is 0 Å². The third kappa shape index (κ3) is 5.02. The van der Waals surface area contributed by atoms with Gasteiger partial charge >= 0.3 is 0 Å². The summed E-state index contributed by atoms with van der Waals surface area (Å²) in [5.74, 6) is 1.52. The van der Waals surface area contributed by atoms with Crippen LogP contribution in [-0.2, 0) is 11.2 Å². The molecule has 0 N–H and O–H groups in total. The fourth-order valence-corrected chi connectivity index (χ4v) is 4.01. The van der Waals surface area contributed by atoms with Crippen molar-refractivity contribution in [1.82, 2.24) is 15.1 Å². The number of piperazine rings is 1. The molecule has 1 aromatic heterocycles. The maximum absolute atomic E-state index is 12.8. The number of amides is 1. The van der Waals surface area contributed by atoms with Crippen LogP contribution >= 0.6 is 11.6 Å². The van der Waals surface area contributed by atoms with Gasteiger partial charge in [0, 0.05) is 31.7 Å². The standard InChI is InChI=1S/C25H27ClN4O2/c1-3-19-8-10-20(11-9-19)32-18(2)25(31)30-16-14-29(15-17-30)24-13-12-23(27-28-24)21-6-4-5-7-22(21)26/h4-13,18H,3,14-17H2,1-2H3. The molecule has 7 heteroatoms. The number of carbonyl (C=O) groups is 1. The third-order valence-electron chi connectivity index (χ3n) is 5.71. The van der Waals surface area contributed by atoms with Crippen molar-refractivity contribution in [1.29, 1.82) is 0 Å². The Labute approximate surface area is 193 Å². The van der Waals surface area contributed by atoms with E-state index in [0.29, 0.717) is 31.2 Å². The lowest BCUT2D eigenvalue weighted by atomic mass is 10.1. The summed E-state index contributed by atoms with van der Waals surface area (Å²) in [6.45, 7) is 6.56. The topological polar surface area (TPSA) is 58.6 Å². The first-order valence-electron chi connectivity index (χ1n) is 10.9. The SMILES string of the molecule is CCc1ccc(OC(C)C(=O)N2CCN(c3ccc(-c4ccccc4Cl)nn3)CC2)cc1. The van der Waals surface area contributed by atoms with E-state index in [9.17, 15) is 4.79 Å². The molecule has 1 atom stereocenters. The smallest absolute Gasteiger partial charge is 0.263 e. The predicted molar refractivity (Wildman–Crippen MR) is 127 cm³/mol. The number of anilines is 1. The predicted octanol–water partition coefficient (Wildman–Crippen LogP) is 4.48. The van der Waals surface area contributed by atoms with Gasteiger partial charge in [0.1, 0.15) is 5.75 Å². The molecule has 1 saturated heterocycles. The Morgan fingerprint density at radius 1 is 1.00 bits per heavy atom. The van der Waals surface area contributed by atoms with Crippen LogP contribution in [0.3, 0.4) is 0 Å². The summed E-state index contributed by atoms with van der Waals surface area (Å²) in [5.41, 5.74) is 2.85. The van der Waals surface area contributed by atoms with Crippen molar-refractivity contribution in [3.05, 3.63) is 71.2 Å². The summed E-state index contributed by atoms with van der Waals surface area (Å²) in [7, 11) is 0. The first-order valence-corrected chi connectivity index (χ1v) is 11.3. The van der Waals surface area contributed by atoms with E-state index in [1.807, 2.05) is 65.6 Å². The van der Waals surface area contributed by atoms with Crippen LogP contribution in [0.5, 0.6) is 5.75 Å². The van der Waals surface area contributed by atoms with Crippen LogP contribution in [0.15, 0.2) is 60.7 Å². The molecule has 4 rings (SSSR count). The van der Waals surface area contributed by atoms with Gasteiger partial charge in [-0.3, -0.25) is 4.79 Å². The molecule has 1 aliphatic heterocycles. The van der Waals surface area contributed by atoms with Gasteiger partial charge in [-0.05, 0) is 49.2 Å². The third-order valence-corrected chi connectivity index (χ3v) is 6.04. The molecule has 0 aliphatic carbocycles. The first-order chi connectivity index (χ1) is 15.5. The second-order valence-electron chi connectivity index (χ2n) is 7.83. The quantitative estimate of drug-likeness (QED) is 0.554. The summed E-state index contributed by atoms with van der Waals surface area (Å²) in [5, 5.41) is 9.39. The second-order valence-corrected chi connectivity index (χ2v) is 8.23. The summed E-state index contributed by atoms with van der Waals surface area (Å²) in [6, 6.07) is 19.4. The summed E-state index contributed by atoms with van der Waals surface area (Å²) in [4.78, 5) is 16.8. The minimum absolute atomic E-state index is 0.00405. The molecule has 166 valence electrons. The number of nitrogens with zero attached hydrogens (tertiary/aromatic N) is 4. The Kier molecular flexibility index (Phi) is 6.90. The number of aryl methyl sites for hydroxylation is 1. The molecule has 1 fully saturated rings. The van der Waals surface area contributed by atoms with Crippen LogP contribution in [-0.4, -0.2) is 53.3 Å². The molecule has 3 aromatic rings. The van der Waals surface area contributed by atoms with Crippen LogP contribution in [0.4, 0.5) is 5.82 Å². The molecule has 0 spiro atoms. The Hall–Kier alpha value is -3.12. The number of hydrogen-bond donors (Lipinski definition) is 0. The fourth-order valence-electron chi connectivity index (χ4n) is 3.78. The lowest BCUT2D eigenvalue weighted by Gasteiger charge is -2.36. The van der Waals surface area contributed by atoms with Crippen molar-refractivity contribution < 1.29 is 9.53 Å². The van der Waals surface area contributed by atoms with Gasteiger partial charge in [-0.15, -0.1) is 10.2 Å². The molecule has 6 nitrogen and oxygen atoms in total.